The fraction of sp³-hybridized carbons (Fsp3) is 0.667. The highest BCUT2D eigenvalue weighted by Crippen LogP contribution is 2.46. The summed E-state index contributed by atoms with van der Waals surface area (Å²) >= 11 is 0. The Balaban J connectivity index is 1.45. The van der Waals surface area contributed by atoms with Crippen LogP contribution in [0.1, 0.15) is 213 Å². The van der Waals surface area contributed by atoms with Crippen molar-refractivity contribution in [3.63, 3.8) is 0 Å². The molecule has 0 fully saturated rings. The monoisotopic (exact) mass is 829 g/mol. The molecule has 4 aromatic rings. The molecule has 0 spiro atoms. The summed E-state index contributed by atoms with van der Waals surface area (Å²) in [4.78, 5) is 0. The number of phenols is 3. The second kappa shape index (κ2) is 29.7. The first kappa shape index (κ1) is 49.1. The Bertz CT molecular complexity index is 1530. The topological polar surface area (TPSA) is 88.4 Å². The van der Waals surface area contributed by atoms with Gasteiger partial charge in [-0.1, -0.05) is 194 Å². The summed E-state index contributed by atoms with van der Waals surface area (Å²) in [6, 6.07) is 11.0. The average Bonchev–Trinajstić information content (AvgIpc) is 3.24. The van der Waals surface area contributed by atoms with Gasteiger partial charge >= 0.3 is 0 Å². The van der Waals surface area contributed by atoms with E-state index in [1.807, 2.05) is 18.2 Å². The molecule has 0 aliphatic heterocycles. The summed E-state index contributed by atoms with van der Waals surface area (Å²) < 4.78 is 18.7. The zero-order valence-electron chi connectivity index (χ0n) is 38.4. The van der Waals surface area contributed by atoms with E-state index in [9.17, 15) is 15.3 Å². The molecule has 0 aromatic heterocycles. The Hall–Kier alpha value is -3.54. The summed E-state index contributed by atoms with van der Waals surface area (Å²) in [6.07, 6.45) is 37.5. The zero-order valence-corrected chi connectivity index (χ0v) is 38.4. The van der Waals surface area contributed by atoms with Crippen molar-refractivity contribution in [3.8, 4) is 34.5 Å². The van der Waals surface area contributed by atoms with E-state index in [0.29, 0.717) is 37.1 Å². The van der Waals surface area contributed by atoms with Gasteiger partial charge in [-0.05, 0) is 88.0 Å². The fourth-order valence-electron chi connectivity index (χ4n) is 8.70. The normalized spacial score (nSPS) is 11.7. The van der Waals surface area contributed by atoms with E-state index < -0.39 is 0 Å². The summed E-state index contributed by atoms with van der Waals surface area (Å²) in [5.74, 6) is 1.56. The van der Waals surface area contributed by atoms with Gasteiger partial charge in [0.1, 0.15) is 0 Å². The highest BCUT2D eigenvalue weighted by molar-refractivity contribution is 6.26. The third-order valence-electron chi connectivity index (χ3n) is 12.4. The van der Waals surface area contributed by atoms with Crippen LogP contribution < -0.4 is 14.2 Å². The Labute approximate surface area is 364 Å². The molecule has 0 unspecified atom stereocenters. The van der Waals surface area contributed by atoms with Gasteiger partial charge in [0.05, 0.1) is 19.8 Å². The molecule has 0 saturated heterocycles. The summed E-state index contributed by atoms with van der Waals surface area (Å²) in [6.45, 7) is 8.39. The molecule has 0 bridgehead atoms. The van der Waals surface area contributed by atoms with Crippen molar-refractivity contribution < 1.29 is 29.5 Å². The maximum absolute atomic E-state index is 11.3. The van der Waals surface area contributed by atoms with Crippen LogP contribution in [0, 0.1) is 0 Å². The number of phenolic OH excluding ortho intramolecular Hbond substituents is 3. The van der Waals surface area contributed by atoms with Gasteiger partial charge in [-0.3, -0.25) is 0 Å². The lowest BCUT2D eigenvalue weighted by molar-refractivity contribution is 0.289. The molecule has 336 valence electrons. The fourth-order valence-corrected chi connectivity index (χ4v) is 8.70. The summed E-state index contributed by atoms with van der Waals surface area (Å²) in [7, 11) is 0. The second-order valence-corrected chi connectivity index (χ2v) is 17.7. The molecule has 0 aliphatic rings. The Kier molecular flexibility index (Phi) is 24.3. The number of ether oxygens (including phenoxy) is 3. The molecule has 0 aliphatic carbocycles. The first-order valence-electron chi connectivity index (χ1n) is 25.0. The molecular weight excluding hydrogens is 745 g/mol. The Morgan fingerprint density at radius 2 is 0.450 bits per heavy atom. The molecule has 60 heavy (non-hydrogen) atoms. The third-order valence-corrected chi connectivity index (χ3v) is 12.4. The lowest BCUT2D eigenvalue weighted by Crippen LogP contribution is -2.00. The van der Waals surface area contributed by atoms with E-state index >= 15 is 0 Å². The molecule has 0 saturated carbocycles. The second-order valence-electron chi connectivity index (χ2n) is 17.7. The Morgan fingerprint density at radius 1 is 0.267 bits per heavy atom. The number of aromatic hydroxyl groups is 3. The van der Waals surface area contributed by atoms with Crippen LogP contribution in [0.15, 0.2) is 36.4 Å². The molecule has 6 nitrogen and oxygen atoms in total. The third kappa shape index (κ3) is 17.1. The predicted octanol–water partition coefficient (Wildman–Crippen LogP) is 17.2. The number of fused-ring (bicyclic) bond motifs is 6. The molecule has 6 heteroatoms. The number of rotatable bonds is 36. The lowest BCUT2D eigenvalue weighted by atomic mass is 9.93. The van der Waals surface area contributed by atoms with Crippen molar-refractivity contribution in [2.24, 2.45) is 0 Å². The van der Waals surface area contributed by atoms with E-state index in [2.05, 4.69) is 20.8 Å². The van der Waals surface area contributed by atoms with Gasteiger partial charge in [0.15, 0.2) is 34.5 Å². The van der Waals surface area contributed by atoms with Crippen LogP contribution in [-0.2, 0) is 0 Å². The van der Waals surface area contributed by atoms with E-state index in [4.69, 9.17) is 14.2 Å². The van der Waals surface area contributed by atoms with Crippen LogP contribution in [0.5, 0.6) is 34.5 Å². The van der Waals surface area contributed by atoms with Gasteiger partial charge < -0.3 is 29.5 Å². The van der Waals surface area contributed by atoms with E-state index in [-0.39, 0.29) is 17.2 Å². The molecule has 4 rings (SSSR count). The van der Waals surface area contributed by atoms with E-state index in [1.54, 1.807) is 18.2 Å². The lowest BCUT2D eigenvalue weighted by Gasteiger charge is -2.17. The average molecular weight is 829 g/mol. The van der Waals surface area contributed by atoms with Crippen molar-refractivity contribution in [1.29, 1.82) is 0 Å². The highest BCUT2D eigenvalue weighted by atomic mass is 16.5. The smallest absolute Gasteiger partial charge is 0.161 e. The summed E-state index contributed by atoms with van der Waals surface area (Å²) in [5, 5.41) is 38.9. The van der Waals surface area contributed by atoms with Gasteiger partial charge in [0.2, 0.25) is 0 Å². The maximum Gasteiger partial charge on any atom is 0.161 e. The quantitative estimate of drug-likeness (QED) is 0.0313. The van der Waals surface area contributed by atoms with Crippen LogP contribution in [0.2, 0.25) is 0 Å². The molecule has 0 atom stereocenters. The highest BCUT2D eigenvalue weighted by Gasteiger charge is 2.18. The van der Waals surface area contributed by atoms with Crippen LogP contribution in [0.3, 0.4) is 0 Å². The van der Waals surface area contributed by atoms with Crippen LogP contribution >= 0.6 is 0 Å². The van der Waals surface area contributed by atoms with Gasteiger partial charge in [0.25, 0.3) is 0 Å². The first-order valence-corrected chi connectivity index (χ1v) is 25.0. The van der Waals surface area contributed by atoms with Gasteiger partial charge in [-0.15, -0.1) is 0 Å². The molecule has 0 radical (unpaired) electrons. The Morgan fingerprint density at radius 3 is 0.667 bits per heavy atom. The predicted molar refractivity (Wildman–Crippen MR) is 256 cm³/mol. The van der Waals surface area contributed by atoms with Gasteiger partial charge in [-0.25, -0.2) is 0 Å². The maximum atomic E-state index is 11.3. The minimum atomic E-state index is 0.0804. The van der Waals surface area contributed by atoms with Crippen molar-refractivity contribution in [2.75, 3.05) is 19.8 Å². The molecule has 0 amide bonds. The van der Waals surface area contributed by atoms with Gasteiger partial charge in [-0.2, -0.15) is 0 Å². The molecule has 3 N–H and O–H groups in total. The van der Waals surface area contributed by atoms with E-state index in [1.165, 1.54) is 154 Å². The SMILES string of the molecule is CCCCCCCCCCCCOc1cc2c(cc1O)c1cc(OCCCCCCCCCCCC)c(O)cc1c1cc(OCCCCCCCCCCCC)c(O)cc21. The van der Waals surface area contributed by atoms with E-state index in [0.717, 1.165) is 70.8 Å². The largest absolute Gasteiger partial charge is 0.504 e. The van der Waals surface area contributed by atoms with Crippen LogP contribution in [-0.4, -0.2) is 35.1 Å². The van der Waals surface area contributed by atoms with Gasteiger partial charge in [0, 0.05) is 0 Å². The summed E-state index contributed by atoms with van der Waals surface area (Å²) in [5.41, 5.74) is 0. The molecular formula is C54H84O6. The first-order chi connectivity index (χ1) is 29.5. The van der Waals surface area contributed by atoms with Crippen LogP contribution in [0.25, 0.3) is 32.3 Å². The number of hydrogen-bond acceptors (Lipinski definition) is 6. The minimum absolute atomic E-state index is 0.0804. The number of benzene rings is 4. The van der Waals surface area contributed by atoms with Crippen LogP contribution in [0.4, 0.5) is 0 Å². The van der Waals surface area contributed by atoms with Crippen molar-refractivity contribution >= 4 is 32.3 Å². The number of hydrogen-bond donors (Lipinski definition) is 3. The standard InChI is InChI=1S/C54H84O6/c1-4-7-10-13-16-19-22-25-28-31-34-58-52-40-46-43(37-49(52)55)47-41-53(59-35-32-29-26-23-20-17-14-11-8-5-2)51(57)39-45(47)48-42-54(50(56)38-44(46)48)60-36-33-30-27-24-21-18-15-12-9-6-3/h37-42,55-57H,4-36H2,1-3H3. The molecule has 0 heterocycles. The number of unbranched alkanes of at least 4 members (excludes halogenated alkanes) is 27. The minimum Gasteiger partial charge on any atom is -0.504 e. The van der Waals surface area contributed by atoms with Crippen molar-refractivity contribution in [3.05, 3.63) is 36.4 Å². The van der Waals surface area contributed by atoms with Crippen molar-refractivity contribution in [2.45, 2.75) is 213 Å². The molecule has 4 aromatic carbocycles. The zero-order chi connectivity index (χ0) is 42.6. The van der Waals surface area contributed by atoms with Crippen molar-refractivity contribution in [1.82, 2.24) is 0 Å².